The topological polar surface area (TPSA) is 81.8 Å². The van der Waals surface area contributed by atoms with Gasteiger partial charge in [0.25, 0.3) is 0 Å². The van der Waals surface area contributed by atoms with Crippen molar-refractivity contribution in [3.8, 4) is 6.07 Å². The zero-order valence-electron chi connectivity index (χ0n) is 8.78. The molecule has 0 bridgehead atoms. The maximum Gasteiger partial charge on any atom is 0.417 e. The van der Waals surface area contributed by atoms with Crippen molar-refractivity contribution in [3.05, 3.63) is 34.3 Å². The van der Waals surface area contributed by atoms with Crippen molar-refractivity contribution in [2.45, 2.75) is 12.5 Å². The van der Waals surface area contributed by atoms with Crippen LogP contribution in [0.2, 0.25) is 0 Å². The predicted molar refractivity (Wildman–Crippen MR) is 58.9 cm³/mol. The average Bonchev–Trinajstić information content (AvgIpc) is 2.64. The fourth-order valence-corrected chi connectivity index (χ4v) is 1.66. The maximum atomic E-state index is 11.0. The van der Waals surface area contributed by atoms with Gasteiger partial charge in [0.1, 0.15) is 0 Å². The van der Waals surface area contributed by atoms with Crippen LogP contribution in [0.1, 0.15) is 18.0 Å². The van der Waals surface area contributed by atoms with Gasteiger partial charge >= 0.3 is 5.76 Å². The van der Waals surface area contributed by atoms with E-state index in [-0.39, 0.29) is 6.04 Å². The Bertz CT molecular complexity index is 591. The largest absolute Gasteiger partial charge is 0.417 e. The van der Waals surface area contributed by atoms with E-state index in [1.807, 2.05) is 6.07 Å². The lowest BCUT2D eigenvalue weighted by atomic mass is 10.0. The summed E-state index contributed by atoms with van der Waals surface area (Å²) in [6, 6.07) is 7.47. The number of oxazole rings is 1. The molecule has 0 fully saturated rings. The number of hydrogen-bond donors (Lipinski definition) is 2. The molecule has 0 saturated heterocycles. The van der Waals surface area contributed by atoms with Crippen LogP contribution in [0, 0.1) is 11.3 Å². The second kappa shape index (κ2) is 4.21. The summed E-state index contributed by atoms with van der Waals surface area (Å²) >= 11 is 0. The van der Waals surface area contributed by atoms with E-state index in [4.69, 9.17) is 9.68 Å². The lowest BCUT2D eigenvalue weighted by molar-refractivity contribution is 0.552. The SMILES string of the molecule is CNC(CC#N)c1ccc2[nH]c(=O)oc2c1. The van der Waals surface area contributed by atoms with Crippen LogP contribution in [0.5, 0.6) is 0 Å². The molecule has 82 valence electrons. The summed E-state index contributed by atoms with van der Waals surface area (Å²) in [4.78, 5) is 13.5. The molecule has 0 aliphatic carbocycles. The quantitative estimate of drug-likeness (QED) is 0.811. The van der Waals surface area contributed by atoms with E-state index in [2.05, 4.69) is 16.4 Å². The highest BCUT2D eigenvalue weighted by Gasteiger charge is 2.10. The molecule has 0 aliphatic rings. The summed E-state index contributed by atoms with van der Waals surface area (Å²) in [5, 5.41) is 11.7. The lowest BCUT2D eigenvalue weighted by Gasteiger charge is -2.12. The van der Waals surface area contributed by atoms with E-state index < -0.39 is 5.76 Å². The van der Waals surface area contributed by atoms with Gasteiger partial charge in [-0.3, -0.25) is 4.98 Å². The van der Waals surface area contributed by atoms with Crippen LogP contribution in [-0.4, -0.2) is 12.0 Å². The van der Waals surface area contributed by atoms with Gasteiger partial charge in [-0.15, -0.1) is 0 Å². The number of aromatic amines is 1. The van der Waals surface area contributed by atoms with Crippen molar-refractivity contribution in [1.82, 2.24) is 10.3 Å². The van der Waals surface area contributed by atoms with Gasteiger partial charge in [0.15, 0.2) is 5.58 Å². The molecule has 0 spiro atoms. The minimum Gasteiger partial charge on any atom is -0.408 e. The smallest absolute Gasteiger partial charge is 0.408 e. The molecule has 0 amide bonds. The molecule has 1 unspecified atom stereocenters. The molecule has 0 aliphatic heterocycles. The van der Waals surface area contributed by atoms with Crippen LogP contribution in [-0.2, 0) is 0 Å². The second-order valence-corrected chi connectivity index (χ2v) is 3.47. The normalized spacial score (nSPS) is 12.5. The van der Waals surface area contributed by atoms with Crippen molar-refractivity contribution in [3.63, 3.8) is 0 Å². The average molecular weight is 217 g/mol. The van der Waals surface area contributed by atoms with Gasteiger partial charge in [0.2, 0.25) is 0 Å². The fraction of sp³-hybridized carbons (Fsp3) is 0.273. The Morgan fingerprint density at radius 2 is 2.44 bits per heavy atom. The molecular formula is C11H11N3O2. The number of aromatic nitrogens is 1. The highest BCUT2D eigenvalue weighted by Crippen LogP contribution is 2.20. The Morgan fingerprint density at radius 3 is 3.12 bits per heavy atom. The first-order chi connectivity index (χ1) is 7.74. The molecule has 5 heteroatoms. The lowest BCUT2D eigenvalue weighted by Crippen LogP contribution is -2.15. The summed E-state index contributed by atoms with van der Waals surface area (Å²) in [6.07, 6.45) is 0.372. The molecule has 1 aromatic carbocycles. The summed E-state index contributed by atoms with van der Waals surface area (Å²) < 4.78 is 4.96. The number of nitrogens with zero attached hydrogens (tertiary/aromatic N) is 1. The molecule has 0 radical (unpaired) electrons. The predicted octanol–water partition coefficient (Wildman–Crippen LogP) is 1.30. The molecule has 1 aromatic heterocycles. The standard InChI is InChI=1S/C11H11N3O2/c1-13-8(4-5-12)7-2-3-9-10(6-7)16-11(15)14-9/h2-3,6,8,13H,4H2,1H3,(H,14,15). The van der Waals surface area contributed by atoms with Crippen molar-refractivity contribution < 1.29 is 4.42 Å². The number of benzene rings is 1. The van der Waals surface area contributed by atoms with Crippen LogP contribution in [0.3, 0.4) is 0 Å². The molecule has 1 atom stereocenters. The first-order valence-electron chi connectivity index (χ1n) is 4.91. The highest BCUT2D eigenvalue weighted by molar-refractivity contribution is 5.72. The van der Waals surface area contributed by atoms with Crippen LogP contribution in [0.25, 0.3) is 11.1 Å². The van der Waals surface area contributed by atoms with Crippen molar-refractivity contribution in [1.29, 1.82) is 5.26 Å². The number of rotatable bonds is 3. The summed E-state index contributed by atoms with van der Waals surface area (Å²) in [5.74, 6) is -0.464. The van der Waals surface area contributed by atoms with Gasteiger partial charge in [0.05, 0.1) is 18.0 Å². The van der Waals surface area contributed by atoms with E-state index in [9.17, 15) is 4.79 Å². The Kier molecular flexibility index (Phi) is 2.75. The summed E-state index contributed by atoms with van der Waals surface area (Å²) in [7, 11) is 1.79. The Balaban J connectivity index is 2.45. The van der Waals surface area contributed by atoms with Gasteiger partial charge in [-0.05, 0) is 24.7 Å². The molecule has 0 saturated carbocycles. The maximum absolute atomic E-state index is 11.0. The molecule has 5 nitrogen and oxygen atoms in total. The van der Waals surface area contributed by atoms with Crippen molar-refractivity contribution in [2.75, 3.05) is 7.05 Å². The number of nitrogens with one attached hydrogen (secondary N) is 2. The van der Waals surface area contributed by atoms with E-state index in [1.54, 1.807) is 19.2 Å². The van der Waals surface area contributed by atoms with Gasteiger partial charge in [0, 0.05) is 6.04 Å². The monoisotopic (exact) mass is 217 g/mol. The van der Waals surface area contributed by atoms with E-state index in [1.165, 1.54) is 0 Å². The zero-order valence-corrected chi connectivity index (χ0v) is 8.78. The molecule has 2 aromatic rings. The second-order valence-electron chi connectivity index (χ2n) is 3.47. The number of nitriles is 1. The van der Waals surface area contributed by atoms with Crippen LogP contribution >= 0.6 is 0 Å². The minimum atomic E-state index is -0.464. The third-order valence-electron chi connectivity index (χ3n) is 2.49. The Hall–Kier alpha value is -2.06. The number of H-pyrrole nitrogens is 1. The molecular weight excluding hydrogens is 206 g/mol. The molecule has 16 heavy (non-hydrogen) atoms. The number of fused-ring (bicyclic) bond motifs is 1. The Labute approximate surface area is 91.7 Å². The fourth-order valence-electron chi connectivity index (χ4n) is 1.66. The van der Waals surface area contributed by atoms with Crippen LogP contribution in [0.15, 0.2) is 27.4 Å². The first-order valence-corrected chi connectivity index (χ1v) is 4.91. The first kappa shape index (κ1) is 10.5. The van der Waals surface area contributed by atoms with Gasteiger partial charge in [-0.2, -0.15) is 5.26 Å². The van der Waals surface area contributed by atoms with Crippen LogP contribution < -0.4 is 11.1 Å². The van der Waals surface area contributed by atoms with Crippen molar-refractivity contribution >= 4 is 11.1 Å². The zero-order chi connectivity index (χ0) is 11.5. The summed E-state index contributed by atoms with van der Waals surface area (Å²) in [6.45, 7) is 0. The molecule has 2 N–H and O–H groups in total. The number of hydrogen-bond acceptors (Lipinski definition) is 4. The van der Waals surface area contributed by atoms with Crippen molar-refractivity contribution in [2.24, 2.45) is 0 Å². The third-order valence-corrected chi connectivity index (χ3v) is 2.49. The van der Waals surface area contributed by atoms with Crippen LogP contribution in [0.4, 0.5) is 0 Å². The van der Waals surface area contributed by atoms with Gasteiger partial charge in [-0.1, -0.05) is 6.07 Å². The highest BCUT2D eigenvalue weighted by atomic mass is 16.4. The van der Waals surface area contributed by atoms with E-state index >= 15 is 0 Å². The minimum absolute atomic E-state index is 0.0467. The molecule has 1 heterocycles. The molecule has 2 rings (SSSR count). The van der Waals surface area contributed by atoms with Gasteiger partial charge in [-0.25, -0.2) is 4.79 Å². The van der Waals surface area contributed by atoms with E-state index in [0.29, 0.717) is 17.5 Å². The Morgan fingerprint density at radius 1 is 1.62 bits per heavy atom. The van der Waals surface area contributed by atoms with E-state index in [0.717, 1.165) is 5.56 Å². The van der Waals surface area contributed by atoms with Gasteiger partial charge < -0.3 is 9.73 Å². The summed E-state index contributed by atoms with van der Waals surface area (Å²) in [5.41, 5.74) is 2.11. The third kappa shape index (κ3) is 1.83.